The molecule has 0 fully saturated rings. The maximum Gasteiger partial charge on any atom is 0.243 e. The number of fused-ring (bicyclic) bond motifs is 1. The number of nitrogens with two attached hydrogens (primary N) is 2. The van der Waals surface area contributed by atoms with Crippen molar-refractivity contribution in [3.63, 3.8) is 0 Å². The summed E-state index contributed by atoms with van der Waals surface area (Å²) >= 11 is 0. The smallest absolute Gasteiger partial charge is 0.243 e. The van der Waals surface area contributed by atoms with Crippen molar-refractivity contribution in [3.05, 3.63) is 71.9 Å². The molecule has 162 valence electrons. The Hall–Kier alpha value is -3.65. The SMILES string of the molecule is C[C@H](NC(=O)[C@H](Cc1c[nH]c2ccccc12)NC(=O)[C@@H](N)Cc1ccccc1)C(N)=O. The fourth-order valence-electron chi connectivity index (χ4n) is 3.35. The topological polar surface area (TPSA) is 143 Å². The predicted molar refractivity (Wildman–Crippen MR) is 119 cm³/mol. The quantitative estimate of drug-likeness (QED) is 0.347. The first-order valence-electron chi connectivity index (χ1n) is 10.1. The molecule has 1 heterocycles. The number of aromatic amines is 1. The summed E-state index contributed by atoms with van der Waals surface area (Å²) in [4.78, 5) is 40.1. The summed E-state index contributed by atoms with van der Waals surface area (Å²) in [5, 5.41) is 6.25. The first-order valence-corrected chi connectivity index (χ1v) is 10.1. The molecule has 8 heteroatoms. The third-order valence-electron chi connectivity index (χ3n) is 5.15. The average molecular weight is 422 g/mol. The molecule has 0 saturated carbocycles. The summed E-state index contributed by atoms with van der Waals surface area (Å²) in [5.74, 6) is -1.61. The zero-order valence-electron chi connectivity index (χ0n) is 17.3. The lowest BCUT2D eigenvalue weighted by Gasteiger charge is -2.22. The van der Waals surface area contributed by atoms with Crippen LogP contribution in [-0.2, 0) is 27.2 Å². The first-order chi connectivity index (χ1) is 14.8. The second-order valence-electron chi connectivity index (χ2n) is 7.55. The maximum absolute atomic E-state index is 12.9. The van der Waals surface area contributed by atoms with Crippen LogP contribution in [0, 0.1) is 0 Å². The van der Waals surface area contributed by atoms with Crippen LogP contribution in [0.1, 0.15) is 18.1 Å². The molecule has 0 radical (unpaired) electrons. The molecule has 3 amide bonds. The van der Waals surface area contributed by atoms with Gasteiger partial charge in [-0.25, -0.2) is 0 Å². The van der Waals surface area contributed by atoms with E-state index < -0.39 is 35.8 Å². The van der Waals surface area contributed by atoms with Gasteiger partial charge in [-0.1, -0.05) is 48.5 Å². The highest BCUT2D eigenvalue weighted by atomic mass is 16.2. The van der Waals surface area contributed by atoms with Gasteiger partial charge in [0.1, 0.15) is 12.1 Å². The molecule has 3 rings (SSSR count). The van der Waals surface area contributed by atoms with Crippen molar-refractivity contribution >= 4 is 28.6 Å². The number of amides is 3. The van der Waals surface area contributed by atoms with Crippen molar-refractivity contribution in [2.24, 2.45) is 11.5 Å². The number of hydrogen-bond acceptors (Lipinski definition) is 4. The second-order valence-corrected chi connectivity index (χ2v) is 7.55. The minimum absolute atomic E-state index is 0.227. The van der Waals surface area contributed by atoms with Crippen LogP contribution >= 0.6 is 0 Å². The van der Waals surface area contributed by atoms with Gasteiger partial charge >= 0.3 is 0 Å². The van der Waals surface area contributed by atoms with Gasteiger partial charge in [0.2, 0.25) is 17.7 Å². The fourth-order valence-corrected chi connectivity index (χ4v) is 3.35. The molecule has 0 aliphatic heterocycles. The van der Waals surface area contributed by atoms with Gasteiger partial charge in [-0.05, 0) is 30.5 Å². The number of carbonyl (C=O) groups is 3. The Morgan fingerprint density at radius 1 is 0.935 bits per heavy atom. The van der Waals surface area contributed by atoms with E-state index in [4.69, 9.17) is 11.5 Å². The molecule has 2 aromatic carbocycles. The van der Waals surface area contributed by atoms with E-state index in [0.717, 1.165) is 22.0 Å². The lowest BCUT2D eigenvalue weighted by atomic mass is 10.0. The monoisotopic (exact) mass is 421 g/mol. The lowest BCUT2D eigenvalue weighted by Crippen LogP contribution is -2.55. The molecule has 0 bridgehead atoms. The molecule has 1 aromatic heterocycles. The first kappa shape index (κ1) is 22.0. The summed E-state index contributed by atoms with van der Waals surface area (Å²) in [7, 11) is 0. The Morgan fingerprint density at radius 2 is 1.61 bits per heavy atom. The maximum atomic E-state index is 12.9. The van der Waals surface area contributed by atoms with E-state index in [9.17, 15) is 14.4 Å². The van der Waals surface area contributed by atoms with Crippen molar-refractivity contribution < 1.29 is 14.4 Å². The summed E-state index contributed by atoms with van der Waals surface area (Å²) in [6.45, 7) is 1.49. The number of carbonyl (C=O) groups excluding carboxylic acids is 3. The number of H-pyrrole nitrogens is 1. The highest BCUT2D eigenvalue weighted by Gasteiger charge is 2.27. The molecule has 8 nitrogen and oxygen atoms in total. The normalized spacial score (nSPS) is 13.9. The zero-order valence-corrected chi connectivity index (χ0v) is 17.3. The van der Waals surface area contributed by atoms with Crippen LogP contribution in [-0.4, -0.2) is 40.8 Å². The Balaban J connectivity index is 1.76. The number of benzene rings is 2. The number of primary amides is 1. The Morgan fingerprint density at radius 3 is 2.32 bits per heavy atom. The predicted octanol–water partition coefficient (Wildman–Crippen LogP) is 0.755. The number of nitrogens with one attached hydrogen (secondary N) is 3. The Bertz CT molecular complexity index is 1060. The third kappa shape index (κ3) is 5.70. The summed E-state index contributed by atoms with van der Waals surface area (Å²) < 4.78 is 0. The van der Waals surface area contributed by atoms with Gasteiger partial charge in [0.05, 0.1) is 6.04 Å². The lowest BCUT2D eigenvalue weighted by molar-refractivity contribution is -0.131. The minimum Gasteiger partial charge on any atom is -0.368 e. The van der Waals surface area contributed by atoms with E-state index in [-0.39, 0.29) is 6.42 Å². The van der Waals surface area contributed by atoms with E-state index in [1.54, 1.807) is 6.20 Å². The van der Waals surface area contributed by atoms with Crippen LogP contribution in [0.25, 0.3) is 10.9 Å². The van der Waals surface area contributed by atoms with E-state index in [1.165, 1.54) is 6.92 Å². The van der Waals surface area contributed by atoms with Gasteiger partial charge in [0.15, 0.2) is 0 Å². The molecule has 7 N–H and O–H groups in total. The van der Waals surface area contributed by atoms with Crippen LogP contribution in [0.15, 0.2) is 60.8 Å². The third-order valence-corrected chi connectivity index (χ3v) is 5.15. The molecular formula is C23H27N5O3. The van der Waals surface area contributed by atoms with E-state index in [2.05, 4.69) is 15.6 Å². The van der Waals surface area contributed by atoms with Crippen LogP contribution in [0.5, 0.6) is 0 Å². The van der Waals surface area contributed by atoms with Crippen LogP contribution in [0.4, 0.5) is 0 Å². The van der Waals surface area contributed by atoms with Crippen molar-refractivity contribution in [1.82, 2.24) is 15.6 Å². The largest absolute Gasteiger partial charge is 0.368 e. The summed E-state index contributed by atoms with van der Waals surface area (Å²) in [5.41, 5.74) is 14.1. The van der Waals surface area contributed by atoms with E-state index >= 15 is 0 Å². The number of rotatable bonds is 9. The molecule has 0 saturated heterocycles. The molecule has 0 unspecified atom stereocenters. The molecule has 3 atom stereocenters. The second kappa shape index (κ2) is 9.90. The molecule has 0 spiro atoms. The van der Waals surface area contributed by atoms with Crippen LogP contribution in [0.2, 0.25) is 0 Å². The highest BCUT2D eigenvalue weighted by Crippen LogP contribution is 2.19. The number of para-hydroxylation sites is 1. The Labute approximate surface area is 180 Å². The van der Waals surface area contributed by atoms with Crippen LogP contribution < -0.4 is 22.1 Å². The van der Waals surface area contributed by atoms with Crippen LogP contribution in [0.3, 0.4) is 0 Å². The number of aromatic nitrogens is 1. The zero-order chi connectivity index (χ0) is 22.4. The van der Waals surface area contributed by atoms with Gasteiger partial charge in [0, 0.05) is 23.5 Å². The molecule has 31 heavy (non-hydrogen) atoms. The molecule has 3 aromatic rings. The molecular weight excluding hydrogens is 394 g/mol. The van der Waals surface area contributed by atoms with Gasteiger partial charge in [-0.15, -0.1) is 0 Å². The van der Waals surface area contributed by atoms with Gasteiger partial charge in [-0.2, -0.15) is 0 Å². The molecule has 0 aliphatic rings. The summed E-state index contributed by atoms with van der Waals surface area (Å²) in [6.07, 6.45) is 2.37. The van der Waals surface area contributed by atoms with Gasteiger partial charge in [-0.3, -0.25) is 14.4 Å². The van der Waals surface area contributed by atoms with Crippen molar-refractivity contribution in [2.45, 2.75) is 37.9 Å². The van der Waals surface area contributed by atoms with E-state index in [0.29, 0.717) is 6.42 Å². The fraction of sp³-hybridized carbons (Fsp3) is 0.261. The highest BCUT2D eigenvalue weighted by molar-refractivity contribution is 5.93. The summed E-state index contributed by atoms with van der Waals surface area (Å²) in [6, 6.07) is 14.5. The van der Waals surface area contributed by atoms with Gasteiger partial charge < -0.3 is 27.1 Å². The average Bonchev–Trinajstić information content (AvgIpc) is 3.16. The number of hydrogen-bond donors (Lipinski definition) is 5. The molecule has 0 aliphatic carbocycles. The Kier molecular flexibility index (Phi) is 7.04. The van der Waals surface area contributed by atoms with Crippen molar-refractivity contribution in [3.8, 4) is 0 Å². The van der Waals surface area contributed by atoms with Crippen molar-refractivity contribution in [2.75, 3.05) is 0 Å². The van der Waals surface area contributed by atoms with Gasteiger partial charge in [0.25, 0.3) is 0 Å². The van der Waals surface area contributed by atoms with E-state index in [1.807, 2.05) is 54.6 Å². The minimum atomic E-state index is -0.921. The standard InChI is InChI=1S/C23H27N5O3/c1-14(21(25)29)27-23(31)20(12-16-13-26-19-10-6-5-9-17(16)19)28-22(30)18(24)11-15-7-3-2-4-8-15/h2-10,13-14,18,20,26H,11-12,24H2,1H3,(H2,25,29)(H,27,31)(H,28,30)/t14-,18-,20-/m0/s1. The van der Waals surface area contributed by atoms with Crippen molar-refractivity contribution in [1.29, 1.82) is 0 Å².